The van der Waals surface area contributed by atoms with Crippen molar-refractivity contribution in [3.05, 3.63) is 62.7 Å². The van der Waals surface area contributed by atoms with Gasteiger partial charge in [0, 0.05) is 17.8 Å². The van der Waals surface area contributed by atoms with Crippen LogP contribution in [0.15, 0.2) is 36.4 Å². The molecule has 0 unspecified atom stereocenters. The van der Waals surface area contributed by atoms with E-state index in [1.807, 2.05) is 32.0 Å². The summed E-state index contributed by atoms with van der Waals surface area (Å²) in [7, 11) is 0. The number of nitrogens with one attached hydrogen (secondary N) is 1. The van der Waals surface area contributed by atoms with Crippen LogP contribution in [-0.4, -0.2) is 16.9 Å². The number of para-hydroxylation sites is 1. The smallest absolute Gasteiger partial charge is 0.271 e. The molecule has 24 heavy (non-hydrogen) atoms. The third kappa shape index (κ3) is 4.02. The molecule has 1 N–H and O–H groups in total. The van der Waals surface area contributed by atoms with Crippen molar-refractivity contribution in [1.82, 2.24) is 0 Å². The minimum atomic E-state index is -0.817. The second-order valence-electron chi connectivity index (χ2n) is 5.39. The zero-order valence-electron chi connectivity index (χ0n) is 13.5. The van der Waals surface area contributed by atoms with E-state index in [-0.39, 0.29) is 22.4 Å². The maximum absolute atomic E-state index is 12.3. The number of hydrogen-bond acceptors (Lipinski definition) is 4. The van der Waals surface area contributed by atoms with Crippen molar-refractivity contribution in [3.8, 4) is 5.75 Å². The minimum Gasteiger partial charge on any atom is -0.479 e. The summed E-state index contributed by atoms with van der Waals surface area (Å²) in [6.45, 7) is 5.39. The molecule has 2 rings (SSSR count). The SMILES string of the molecule is Cc1cccc(C)c1NC(=O)[C@H](C)Oc1ccc([N+](=O)[O-])cc1Cl. The highest BCUT2D eigenvalue weighted by molar-refractivity contribution is 6.32. The third-order valence-electron chi connectivity index (χ3n) is 3.53. The molecule has 1 amide bonds. The second-order valence-corrected chi connectivity index (χ2v) is 5.80. The van der Waals surface area contributed by atoms with Crippen molar-refractivity contribution in [1.29, 1.82) is 0 Å². The van der Waals surface area contributed by atoms with E-state index in [1.54, 1.807) is 6.92 Å². The van der Waals surface area contributed by atoms with Crippen LogP contribution in [0.1, 0.15) is 18.1 Å². The summed E-state index contributed by atoms with van der Waals surface area (Å²) < 4.78 is 5.53. The number of benzene rings is 2. The third-order valence-corrected chi connectivity index (χ3v) is 3.82. The number of hydrogen-bond donors (Lipinski definition) is 1. The van der Waals surface area contributed by atoms with Crippen LogP contribution in [0.3, 0.4) is 0 Å². The van der Waals surface area contributed by atoms with Crippen LogP contribution in [0, 0.1) is 24.0 Å². The van der Waals surface area contributed by atoms with Crippen LogP contribution in [0.25, 0.3) is 0 Å². The minimum absolute atomic E-state index is 0.0796. The highest BCUT2D eigenvalue weighted by Gasteiger charge is 2.19. The molecule has 0 saturated carbocycles. The molecule has 2 aromatic carbocycles. The lowest BCUT2D eigenvalue weighted by molar-refractivity contribution is -0.384. The highest BCUT2D eigenvalue weighted by atomic mass is 35.5. The maximum atomic E-state index is 12.3. The summed E-state index contributed by atoms with van der Waals surface area (Å²) in [5.41, 5.74) is 2.50. The maximum Gasteiger partial charge on any atom is 0.271 e. The van der Waals surface area contributed by atoms with Crippen LogP contribution in [0.5, 0.6) is 5.75 Å². The van der Waals surface area contributed by atoms with Gasteiger partial charge in [-0.3, -0.25) is 14.9 Å². The lowest BCUT2D eigenvalue weighted by Crippen LogP contribution is -2.30. The first-order chi connectivity index (χ1) is 11.3. The van der Waals surface area contributed by atoms with Gasteiger partial charge in [0.05, 0.1) is 9.95 Å². The second kappa shape index (κ2) is 7.31. The van der Waals surface area contributed by atoms with Gasteiger partial charge in [-0.1, -0.05) is 29.8 Å². The van der Waals surface area contributed by atoms with Gasteiger partial charge in [0.1, 0.15) is 5.75 Å². The van der Waals surface area contributed by atoms with Gasteiger partial charge in [-0.05, 0) is 38.0 Å². The topological polar surface area (TPSA) is 81.5 Å². The Hall–Kier alpha value is -2.60. The van der Waals surface area contributed by atoms with E-state index in [2.05, 4.69) is 5.32 Å². The number of ether oxygens (including phenoxy) is 1. The summed E-state index contributed by atoms with van der Waals surface area (Å²) in [5.74, 6) is -0.117. The average Bonchev–Trinajstić information content (AvgIpc) is 2.52. The molecule has 0 aliphatic carbocycles. The van der Waals surface area contributed by atoms with E-state index in [0.717, 1.165) is 16.8 Å². The molecule has 0 heterocycles. The predicted molar refractivity (Wildman–Crippen MR) is 92.7 cm³/mol. The Morgan fingerprint density at radius 3 is 2.42 bits per heavy atom. The first kappa shape index (κ1) is 17.7. The van der Waals surface area contributed by atoms with Gasteiger partial charge < -0.3 is 10.1 Å². The number of anilines is 1. The van der Waals surface area contributed by atoms with E-state index in [1.165, 1.54) is 18.2 Å². The van der Waals surface area contributed by atoms with Crippen molar-refractivity contribution in [2.45, 2.75) is 26.9 Å². The van der Waals surface area contributed by atoms with Gasteiger partial charge >= 0.3 is 0 Å². The Morgan fingerprint density at radius 1 is 1.25 bits per heavy atom. The number of amides is 1. The quantitative estimate of drug-likeness (QED) is 0.646. The van der Waals surface area contributed by atoms with Crippen LogP contribution in [0.4, 0.5) is 11.4 Å². The number of rotatable bonds is 5. The van der Waals surface area contributed by atoms with Crippen molar-refractivity contribution < 1.29 is 14.5 Å². The van der Waals surface area contributed by atoms with Crippen LogP contribution in [0.2, 0.25) is 5.02 Å². The lowest BCUT2D eigenvalue weighted by atomic mass is 10.1. The van der Waals surface area contributed by atoms with Crippen LogP contribution >= 0.6 is 11.6 Å². The number of halogens is 1. The van der Waals surface area contributed by atoms with Gasteiger partial charge in [0.2, 0.25) is 0 Å². The molecule has 2 aromatic rings. The monoisotopic (exact) mass is 348 g/mol. The number of nitro benzene ring substituents is 1. The lowest BCUT2D eigenvalue weighted by Gasteiger charge is -2.17. The first-order valence-corrected chi connectivity index (χ1v) is 7.65. The Kier molecular flexibility index (Phi) is 5.41. The molecule has 1 atom stereocenters. The molecule has 0 aromatic heterocycles. The van der Waals surface area contributed by atoms with Gasteiger partial charge in [0.15, 0.2) is 6.10 Å². The van der Waals surface area contributed by atoms with Crippen molar-refractivity contribution >= 4 is 28.9 Å². The van der Waals surface area contributed by atoms with Gasteiger partial charge in [-0.25, -0.2) is 0 Å². The zero-order chi connectivity index (χ0) is 17.9. The molecule has 0 radical (unpaired) electrons. The summed E-state index contributed by atoms with van der Waals surface area (Å²) in [4.78, 5) is 22.5. The van der Waals surface area contributed by atoms with E-state index in [0.29, 0.717) is 0 Å². The Bertz CT molecular complexity index is 772. The highest BCUT2D eigenvalue weighted by Crippen LogP contribution is 2.29. The van der Waals surface area contributed by atoms with Gasteiger partial charge in [0.25, 0.3) is 11.6 Å². The Morgan fingerprint density at radius 2 is 1.88 bits per heavy atom. The Labute approximate surface area is 144 Å². The zero-order valence-corrected chi connectivity index (χ0v) is 14.3. The predicted octanol–water partition coefficient (Wildman–Crippen LogP) is 4.27. The summed E-state index contributed by atoms with van der Waals surface area (Å²) >= 11 is 5.97. The molecular formula is C17H17ClN2O4. The molecule has 0 aliphatic heterocycles. The molecule has 126 valence electrons. The molecule has 0 bridgehead atoms. The largest absolute Gasteiger partial charge is 0.479 e. The van der Waals surface area contributed by atoms with Crippen LogP contribution < -0.4 is 10.1 Å². The van der Waals surface area contributed by atoms with E-state index < -0.39 is 11.0 Å². The van der Waals surface area contributed by atoms with Crippen molar-refractivity contribution in [2.75, 3.05) is 5.32 Å². The first-order valence-electron chi connectivity index (χ1n) is 7.27. The average molecular weight is 349 g/mol. The molecule has 0 saturated heterocycles. The fourth-order valence-corrected chi connectivity index (χ4v) is 2.40. The summed E-state index contributed by atoms with van der Waals surface area (Å²) in [5, 5.41) is 13.6. The summed E-state index contributed by atoms with van der Waals surface area (Å²) in [6, 6.07) is 9.56. The molecule has 7 heteroatoms. The number of non-ortho nitro benzene ring substituents is 1. The molecule has 0 spiro atoms. The van der Waals surface area contributed by atoms with E-state index in [4.69, 9.17) is 16.3 Å². The fraction of sp³-hybridized carbons (Fsp3) is 0.235. The summed E-state index contributed by atoms with van der Waals surface area (Å²) in [6.07, 6.45) is -0.817. The normalized spacial score (nSPS) is 11.7. The van der Waals surface area contributed by atoms with Crippen LogP contribution in [-0.2, 0) is 4.79 Å². The number of carbonyl (C=O) groups is 1. The van der Waals surface area contributed by atoms with E-state index in [9.17, 15) is 14.9 Å². The fourth-order valence-electron chi connectivity index (χ4n) is 2.18. The van der Waals surface area contributed by atoms with Gasteiger partial charge in [-0.2, -0.15) is 0 Å². The molecule has 0 aliphatic rings. The number of carbonyl (C=O) groups excluding carboxylic acids is 1. The molecule has 0 fully saturated rings. The van der Waals surface area contributed by atoms with E-state index >= 15 is 0 Å². The number of aryl methyl sites for hydroxylation is 2. The molecule has 6 nitrogen and oxygen atoms in total. The van der Waals surface area contributed by atoms with Crippen molar-refractivity contribution in [3.63, 3.8) is 0 Å². The number of nitro groups is 1. The number of nitrogens with zero attached hydrogens (tertiary/aromatic N) is 1. The Balaban J connectivity index is 2.11. The van der Waals surface area contributed by atoms with Gasteiger partial charge in [-0.15, -0.1) is 0 Å². The molecular weight excluding hydrogens is 332 g/mol. The standard InChI is InChI=1S/C17H17ClN2O4/c1-10-5-4-6-11(2)16(10)19-17(21)12(3)24-15-8-7-13(20(22)23)9-14(15)18/h4-9,12H,1-3H3,(H,19,21)/t12-/m0/s1. The van der Waals surface area contributed by atoms with Crippen molar-refractivity contribution in [2.24, 2.45) is 0 Å².